The summed E-state index contributed by atoms with van der Waals surface area (Å²) >= 11 is 0. The van der Waals surface area contributed by atoms with Crippen molar-refractivity contribution in [1.29, 1.82) is 0 Å². The Balaban J connectivity index is 1.98. The van der Waals surface area contributed by atoms with Crippen LogP contribution in [-0.2, 0) is 21.4 Å². The summed E-state index contributed by atoms with van der Waals surface area (Å²) < 4.78 is 26.8. The second kappa shape index (κ2) is 6.98. The number of nitrogens with zero attached hydrogens (tertiary/aromatic N) is 3. The van der Waals surface area contributed by atoms with Crippen LogP contribution in [0.5, 0.6) is 0 Å². The zero-order valence-electron chi connectivity index (χ0n) is 14.2. The topological polar surface area (TPSA) is 60.9 Å². The predicted molar refractivity (Wildman–Crippen MR) is 90.4 cm³/mol. The van der Waals surface area contributed by atoms with E-state index >= 15 is 0 Å². The van der Waals surface area contributed by atoms with Gasteiger partial charge in [0.05, 0.1) is 6.42 Å². The van der Waals surface area contributed by atoms with Crippen molar-refractivity contribution in [3.05, 3.63) is 34.9 Å². The fourth-order valence-corrected chi connectivity index (χ4v) is 3.75. The van der Waals surface area contributed by atoms with Crippen molar-refractivity contribution in [3.63, 3.8) is 0 Å². The van der Waals surface area contributed by atoms with E-state index in [0.29, 0.717) is 32.6 Å². The van der Waals surface area contributed by atoms with Gasteiger partial charge in [0, 0.05) is 40.3 Å². The molecule has 1 saturated heterocycles. The van der Waals surface area contributed by atoms with Gasteiger partial charge in [0.15, 0.2) is 0 Å². The van der Waals surface area contributed by atoms with E-state index in [0.717, 1.165) is 16.7 Å². The molecule has 1 aliphatic rings. The van der Waals surface area contributed by atoms with Crippen LogP contribution in [-0.4, -0.2) is 68.1 Å². The third-order valence-electron chi connectivity index (χ3n) is 4.23. The molecule has 0 N–H and O–H groups in total. The lowest BCUT2D eigenvalue weighted by molar-refractivity contribution is -0.131. The molecule has 0 aliphatic carbocycles. The molecule has 0 unspecified atom stereocenters. The molecule has 1 amide bonds. The number of aryl methyl sites for hydroxylation is 2. The van der Waals surface area contributed by atoms with Crippen molar-refractivity contribution in [2.45, 2.75) is 20.3 Å². The summed E-state index contributed by atoms with van der Waals surface area (Å²) in [7, 11) is -0.349. The Labute approximate surface area is 138 Å². The number of hydrogen-bond donors (Lipinski definition) is 0. The fourth-order valence-electron chi connectivity index (χ4n) is 2.66. The fraction of sp³-hybridized carbons (Fsp3) is 0.562. The number of carbonyl (C=O) groups is 1. The van der Waals surface area contributed by atoms with E-state index in [1.54, 1.807) is 4.90 Å². The molecule has 0 aromatic heterocycles. The highest BCUT2D eigenvalue weighted by Crippen LogP contribution is 2.15. The average molecular weight is 339 g/mol. The van der Waals surface area contributed by atoms with E-state index in [2.05, 4.69) is 0 Å². The Kier molecular flexibility index (Phi) is 5.44. The molecule has 1 aromatic carbocycles. The first-order valence-electron chi connectivity index (χ1n) is 7.73. The first kappa shape index (κ1) is 17.9. The van der Waals surface area contributed by atoms with Crippen molar-refractivity contribution in [1.82, 2.24) is 13.5 Å². The highest BCUT2D eigenvalue weighted by Gasteiger charge is 2.30. The molecule has 0 radical (unpaired) electrons. The number of hydrogen-bond acceptors (Lipinski definition) is 3. The molecule has 23 heavy (non-hydrogen) atoms. The minimum atomic E-state index is -3.39. The predicted octanol–water partition coefficient (Wildman–Crippen LogP) is 0.797. The van der Waals surface area contributed by atoms with Gasteiger partial charge in [-0.05, 0) is 25.0 Å². The number of benzene rings is 1. The van der Waals surface area contributed by atoms with Gasteiger partial charge < -0.3 is 4.90 Å². The standard InChI is InChI=1S/C16H25N3O3S/c1-13-5-6-14(2)15(11-13)12-16(20)18-7-9-19(10-8-18)23(21,22)17(3)4/h5-6,11H,7-10,12H2,1-4H3. The van der Waals surface area contributed by atoms with E-state index in [1.165, 1.54) is 22.7 Å². The molecule has 0 atom stereocenters. The lowest BCUT2D eigenvalue weighted by atomic mass is 10.0. The van der Waals surface area contributed by atoms with Gasteiger partial charge in [-0.2, -0.15) is 17.0 Å². The summed E-state index contributed by atoms with van der Waals surface area (Å²) in [5, 5.41) is 0. The van der Waals surface area contributed by atoms with Crippen LogP contribution in [0.4, 0.5) is 0 Å². The molecule has 0 spiro atoms. The first-order valence-corrected chi connectivity index (χ1v) is 9.13. The summed E-state index contributed by atoms with van der Waals surface area (Å²) in [5.74, 6) is 0.0561. The normalized spacial score (nSPS) is 16.8. The Bertz CT molecular complexity index is 678. The van der Waals surface area contributed by atoms with Crippen molar-refractivity contribution in [2.75, 3.05) is 40.3 Å². The molecule has 1 aromatic rings. The molecule has 1 fully saturated rings. The number of amides is 1. The molecule has 0 bridgehead atoms. The quantitative estimate of drug-likeness (QED) is 0.815. The summed E-state index contributed by atoms with van der Waals surface area (Å²) in [6, 6.07) is 6.10. The third-order valence-corrected chi connectivity index (χ3v) is 6.17. The molecular formula is C16H25N3O3S. The van der Waals surface area contributed by atoms with Gasteiger partial charge in [-0.25, -0.2) is 0 Å². The zero-order valence-corrected chi connectivity index (χ0v) is 15.1. The van der Waals surface area contributed by atoms with Gasteiger partial charge in [0.2, 0.25) is 5.91 Å². The molecule has 2 rings (SSSR count). The molecule has 1 aliphatic heterocycles. The average Bonchev–Trinajstić information content (AvgIpc) is 2.50. The van der Waals surface area contributed by atoms with Gasteiger partial charge in [-0.1, -0.05) is 23.8 Å². The molecule has 128 valence electrons. The van der Waals surface area contributed by atoms with Crippen molar-refractivity contribution >= 4 is 16.1 Å². The maximum Gasteiger partial charge on any atom is 0.281 e. The van der Waals surface area contributed by atoms with Crippen LogP contribution in [0.15, 0.2) is 18.2 Å². The van der Waals surface area contributed by atoms with E-state index in [1.807, 2.05) is 32.0 Å². The van der Waals surface area contributed by atoms with Crippen LogP contribution in [0.25, 0.3) is 0 Å². The van der Waals surface area contributed by atoms with Crippen molar-refractivity contribution in [3.8, 4) is 0 Å². The Hall–Kier alpha value is -1.44. The van der Waals surface area contributed by atoms with Gasteiger partial charge in [-0.3, -0.25) is 4.79 Å². The van der Waals surface area contributed by atoms with Crippen LogP contribution < -0.4 is 0 Å². The van der Waals surface area contributed by atoms with Crippen molar-refractivity contribution < 1.29 is 13.2 Å². The van der Waals surface area contributed by atoms with Crippen LogP contribution in [0.1, 0.15) is 16.7 Å². The molecule has 6 nitrogen and oxygen atoms in total. The summed E-state index contributed by atoms with van der Waals surface area (Å²) in [6.45, 7) is 5.59. The summed E-state index contributed by atoms with van der Waals surface area (Å²) in [5.41, 5.74) is 3.29. The summed E-state index contributed by atoms with van der Waals surface area (Å²) in [4.78, 5) is 14.2. The highest BCUT2D eigenvalue weighted by molar-refractivity contribution is 7.86. The Morgan fingerprint density at radius 1 is 1.13 bits per heavy atom. The smallest absolute Gasteiger partial charge is 0.281 e. The van der Waals surface area contributed by atoms with E-state index in [-0.39, 0.29) is 5.91 Å². The van der Waals surface area contributed by atoms with Crippen LogP contribution in [0, 0.1) is 13.8 Å². The molecule has 0 saturated carbocycles. The number of piperazine rings is 1. The van der Waals surface area contributed by atoms with Gasteiger partial charge >= 0.3 is 0 Å². The van der Waals surface area contributed by atoms with E-state index in [9.17, 15) is 13.2 Å². The second-order valence-electron chi connectivity index (χ2n) is 6.18. The lowest BCUT2D eigenvalue weighted by Crippen LogP contribution is -2.53. The Morgan fingerprint density at radius 2 is 1.74 bits per heavy atom. The number of rotatable bonds is 4. The van der Waals surface area contributed by atoms with Crippen LogP contribution in [0.2, 0.25) is 0 Å². The van der Waals surface area contributed by atoms with Crippen LogP contribution in [0.3, 0.4) is 0 Å². The van der Waals surface area contributed by atoms with Crippen LogP contribution >= 0.6 is 0 Å². The van der Waals surface area contributed by atoms with Gasteiger partial charge in [-0.15, -0.1) is 0 Å². The third kappa shape index (κ3) is 4.10. The monoisotopic (exact) mass is 339 g/mol. The zero-order chi connectivity index (χ0) is 17.2. The minimum absolute atomic E-state index is 0.0561. The second-order valence-corrected chi connectivity index (χ2v) is 8.32. The Morgan fingerprint density at radius 3 is 2.30 bits per heavy atom. The first-order chi connectivity index (χ1) is 10.7. The lowest BCUT2D eigenvalue weighted by Gasteiger charge is -2.35. The number of carbonyl (C=O) groups excluding carboxylic acids is 1. The van der Waals surface area contributed by atoms with E-state index in [4.69, 9.17) is 0 Å². The van der Waals surface area contributed by atoms with Crippen molar-refractivity contribution in [2.24, 2.45) is 0 Å². The maximum atomic E-state index is 12.5. The SMILES string of the molecule is Cc1ccc(C)c(CC(=O)N2CCN(S(=O)(=O)N(C)C)CC2)c1. The largest absolute Gasteiger partial charge is 0.340 e. The molecule has 7 heteroatoms. The minimum Gasteiger partial charge on any atom is -0.340 e. The maximum absolute atomic E-state index is 12.5. The van der Waals surface area contributed by atoms with Gasteiger partial charge in [0.1, 0.15) is 0 Å². The molecule has 1 heterocycles. The van der Waals surface area contributed by atoms with Gasteiger partial charge in [0.25, 0.3) is 10.2 Å². The highest BCUT2D eigenvalue weighted by atomic mass is 32.2. The summed E-state index contributed by atoms with van der Waals surface area (Å²) in [6.07, 6.45) is 0.369. The van der Waals surface area contributed by atoms with E-state index < -0.39 is 10.2 Å². The molecular weight excluding hydrogens is 314 g/mol.